The molecular formula is C9H11ClIN2S-. The van der Waals surface area contributed by atoms with E-state index >= 15 is 0 Å². The maximum atomic E-state index is 5.83. The fourth-order valence-corrected chi connectivity index (χ4v) is 1.48. The summed E-state index contributed by atoms with van der Waals surface area (Å²) in [5, 5.41) is 4.75. The van der Waals surface area contributed by atoms with E-state index < -0.39 is 0 Å². The fraction of sp³-hybridized carbons (Fsp3) is 0.222. The Bertz CT molecular complexity index is 317. The molecule has 0 aromatic heterocycles. The number of amidine groups is 1. The zero-order valence-corrected chi connectivity index (χ0v) is 11.7. The van der Waals surface area contributed by atoms with Gasteiger partial charge in [-0.2, -0.15) is 0 Å². The van der Waals surface area contributed by atoms with Crippen molar-refractivity contribution in [1.82, 2.24) is 0 Å². The molecule has 0 aliphatic carbocycles. The van der Waals surface area contributed by atoms with E-state index in [1.165, 1.54) is 0 Å². The Kier molecular flexibility index (Phi) is 7.40. The van der Waals surface area contributed by atoms with E-state index in [0.29, 0.717) is 0 Å². The Morgan fingerprint density at radius 1 is 1.50 bits per heavy atom. The van der Waals surface area contributed by atoms with Gasteiger partial charge in [0.25, 0.3) is 0 Å². The molecule has 0 saturated heterocycles. The van der Waals surface area contributed by atoms with Gasteiger partial charge in [0, 0.05) is 17.8 Å². The van der Waals surface area contributed by atoms with Crippen molar-refractivity contribution in [3.8, 4) is 0 Å². The molecule has 1 aromatic carbocycles. The van der Waals surface area contributed by atoms with Crippen molar-refractivity contribution < 1.29 is 24.0 Å². The summed E-state index contributed by atoms with van der Waals surface area (Å²) >= 11 is 7.39. The number of anilines is 1. The lowest BCUT2D eigenvalue weighted by Gasteiger charge is -2.06. The topological polar surface area (TPSA) is 24.4 Å². The molecule has 0 bridgehead atoms. The molecule has 0 unspecified atom stereocenters. The van der Waals surface area contributed by atoms with Crippen LogP contribution in [0.4, 0.5) is 5.69 Å². The van der Waals surface area contributed by atoms with E-state index in [2.05, 4.69) is 10.3 Å². The van der Waals surface area contributed by atoms with Crippen LogP contribution in [0, 0.1) is 0 Å². The quantitative estimate of drug-likeness (QED) is 0.445. The van der Waals surface area contributed by atoms with Gasteiger partial charge in [0.05, 0.1) is 0 Å². The van der Waals surface area contributed by atoms with E-state index in [1.54, 1.807) is 18.8 Å². The summed E-state index contributed by atoms with van der Waals surface area (Å²) in [6, 6.07) is 7.56. The van der Waals surface area contributed by atoms with E-state index in [1.807, 2.05) is 30.5 Å². The molecule has 14 heavy (non-hydrogen) atoms. The monoisotopic (exact) mass is 341 g/mol. The van der Waals surface area contributed by atoms with Crippen LogP contribution in [-0.2, 0) is 0 Å². The number of hydrogen-bond acceptors (Lipinski definition) is 2. The molecule has 0 fully saturated rings. The standard InChI is InChI=1S/C9H11ClN2S.HI/c1-11-9(13-2)12-8-5-3-4-7(10)6-8;/h3-6H,1-2H3,(H,11,12);1H/p-1. The van der Waals surface area contributed by atoms with E-state index in [9.17, 15) is 0 Å². The summed E-state index contributed by atoms with van der Waals surface area (Å²) in [5.74, 6) is 0. The van der Waals surface area contributed by atoms with Crippen LogP contribution in [-0.4, -0.2) is 18.5 Å². The van der Waals surface area contributed by atoms with Crippen LogP contribution in [0.15, 0.2) is 29.3 Å². The highest BCUT2D eigenvalue weighted by Crippen LogP contribution is 2.16. The first kappa shape index (κ1) is 14.1. The second-order valence-electron chi connectivity index (χ2n) is 2.37. The SMILES string of the molecule is CN=C(Nc1cccc(Cl)c1)SC.[I-]. The van der Waals surface area contributed by atoms with Gasteiger partial charge < -0.3 is 29.3 Å². The highest BCUT2D eigenvalue weighted by Gasteiger charge is 1.96. The number of halogens is 2. The number of nitrogens with one attached hydrogen (secondary N) is 1. The van der Waals surface area contributed by atoms with Crippen molar-refractivity contribution in [3.63, 3.8) is 0 Å². The summed E-state index contributed by atoms with van der Waals surface area (Å²) in [4.78, 5) is 4.06. The number of aliphatic imine (C=N–C) groups is 1. The van der Waals surface area contributed by atoms with E-state index in [0.717, 1.165) is 15.9 Å². The van der Waals surface area contributed by atoms with E-state index in [-0.39, 0.29) is 24.0 Å². The number of thioether (sulfide) groups is 1. The van der Waals surface area contributed by atoms with Crippen molar-refractivity contribution in [3.05, 3.63) is 29.3 Å². The molecule has 0 spiro atoms. The largest absolute Gasteiger partial charge is 1.00 e. The molecule has 0 heterocycles. The molecule has 1 rings (SSSR count). The Morgan fingerprint density at radius 2 is 2.21 bits per heavy atom. The molecule has 0 aliphatic heterocycles. The minimum atomic E-state index is 0. The first-order chi connectivity index (χ1) is 6.26. The van der Waals surface area contributed by atoms with Crippen LogP contribution in [0.2, 0.25) is 5.02 Å². The number of nitrogens with zero attached hydrogens (tertiary/aromatic N) is 1. The number of hydrogen-bond donors (Lipinski definition) is 1. The van der Waals surface area contributed by atoms with Crippen LogP contribution < -0.4 is 29.3 Å². The molecule has 0 atom stereocenters. The van der Waals surface area contributed by atoms with Crippen molar-refractivity contribution in [1.29, 1.82) is 0 Å². The first-order valence-electron chi connectivity index (χ1n) is 3.79. The van der Waals surface area contributed by atoms with Gasteiger partial charge in [-0.3, -0.25) is 4.99 Å². The van der Waals surface area contributed by atoms with E-state index in [4.69, 9.17) is 11.6 Å². The van der Waals surface area contributed by atoms with Crippen LogP contribution in [0.5, 0.6) is 0 Å². The Morgan fingerprint density at radius 3 is 2.71 bits per heavy atom. The maximum absolute atomic E-state index is 5.83. The van der Waals surface area contributed by atoms with Gasteiger partial charge >= 0.3 is 0 Å². The summed E-state index contributed by atoms with van der Waals surface area (Å²) < 4.78 is 0. The smallest absolute Gasteiger partial charge is 0.160 e. The van der Waals surface area contributed by atoms with Gasteiger partial charge in [0.1, 0.15) is 0 Å². The minimum absolute atomic E-state index is 0. The lowest BCUT2D eigenvalue weighted by Crippen LogP contribution is -3.00. The molecule has 0 amide bonds. The van der Waals surface area contributed by atoms with Gasteiger partial charge in [-0.05, 0) is 24.5 Å². The maximum Gasteiger partial charge on any atom is 0.160 e. The van der Waals surface area contributed by atoms with Gasteiger partial charge in [0.15, 0.2) is 5.17 Å². The molecule has 0 aliphatic rings. The summed E-state index contributed by atoms with van der Waals surface area (Å²) in [5.41, 5.74) is 0.961. The van der Waals surface area contributed by atoms with Gasteiger partial charge in [-0.1, -0.05) is 29.4 Å². The molecule has 0 saturated carbocycles. The molecule has 1 N–H and O–H groups in total. The third kappa shape index (κ3) is 4.52. The average Bonchev–Trinajstić information content (AvgIpc) is 2.14. The second-order valence-corrected chi connectivity index (χ2v) is 3.60. The molecule has 2 nitrogen and oxygen atoms in total. The van der Waals surface area contributed by atoms with Crippen LogP contribution in [0.1, 0.15) is 0 Å². The molecule has 5 heteroatoms. The minimum Gasteiger partial charge on any atom is -1.00 e. The first-order valence-corrected chi connectivity index (χ1v) is 5.40. The van der Waals surface area contributed by atoms with Crippen molar-refractivity contribution in [2.24, 2.45) is 4.99 Å². The number of benzene rings is 1. The summed E-state index contributed by atoms with van der Waals surface area (Å²) in [6.07, 6.45) is 1.97. The lowest BCUT2D eigenvalue weighted by atomic mass is 10.3. The van der Waals surface area contributed by atoms with Gasteiger partial charge in [0.2, 0.25) is 0 Å². The zero-order valence-electron chi connectivity index (χ0n) is 7.92. The van der Waals surface area contributed by atoms with Crippen LogP contribution in [0.3, 0.4) is 0 Å². The molecule has 1 aromatic rings. The van der Waals surface area contributed by atoms with Gasteiger partial charge in [-0.15, -0.1) is 0 Å². The average molecular weight is 342 g/mol. The predicted octanol–water partition coefficient (Wildman–Crippen LogP) is 0.105. The predicted molar refractivity (Wildman–Crippen MR) is 61.9 cm³/mol. The molecular weight excluding hydrogens is 331 g/mol. The molecule has 0 radical (unpaired) electrons. The third-order valence-electron chi connectivity index (χ3n) is 1.47. The van der Waals surface area contributed by atoms with Crippen molar-refractivity contribution >= 4 is 34.2 Å². The Hall–Kier alpha value is 0.0600. The fourth-order valence-electron chi connectivity index (χ4n) is 0.888. The van der Waals surface area contributed by atoms with Crippen molar-refractivity contribution in [2.45, 2.75) is 0 Å². The summed E-state index contributed by atoms with van der Waals surface area (Å²) in [6.45, 7) is 0. The van der Waals surface area contributed by atoms with Crippen LogP contribution >= 0.6 is 23.4 Å². The Labute approximate surface area is 111 Å². The number of rotatable bonds is 1. The molecule has 78 valence electrons. The zero-order chi connectivity index (χ0) is 9.68. The second kappa shape index (κ2) is 7.36. The van der Waals surface area contributed by atoms with Gasteiger partial charge in [-0.25, -0.2) is 0 Å². The third-order valence-corrected chi connectivity index (χ3v) is 2.38. The van der Waals surface area contributed by atoms with Crippen molar-refractivity contribution in [2.75, 3.05) is 18.6 Å². The summed E-state index contributed by atoms with van der Waals surface area (Å²) in [7, 11) is 1.75. The highest BCUT2D eigenvalue weighted by atomic mass is 127. The Balaban J connectivity index is 0.00000169. The lowest BCUT2D eigenvalue weighted by molar-refractivity contribution is -0.00000256. The highest BCUT2D eigenvalue weighted by molar-refractivity contribution is 8.13. The van der Waals surface area contributed by atoms with Crippen LogP contribution in [0.25, 0.3) is 0 Å². The normalized spacial score (nSPS) is 10.6.